The molecule has 1 heterocycles. The molecule has 0 unspecified atom stereocenters. The van der Waals surface area contributed by atoms with E-state index in [-0.39, 0.29) is 11.1 Å². The molecule has 0 bridgehead atoms. The van der Waals surface area contributed by atoms with E-state index in [2.05, 4.69) is 15.8 Å². The average molecular weight is 428 g/mol. The van der Waals surface area contributed by atoms with E-state index < -0.39 is 11.8 Å². The molecule has 0 aliphatic carbocycles. The van der Waals surface area contributed by atoms with Crippen LogP contribution < -0.4 is 26.8 Å². The summed E-state index contributed by atoms with van der Waals surface area (Å²) in [5.41, 5.74) is 10.1. The Morgan fingerprint density at radius 1 is 0.938 bits per heavy atom. The zero-order chi connectivity index (χ0) is 22.5. The molecule has 0 saturated carbocycles. The van der Waals surface area contributed by atoms with E-state index >= 15 is 0 Å². The molecule has 0 fully saturated rings. The van der Waals surface area contributed by atoms with Gasteiger partial charge in [-0.2, -0.15) is 0 Å². The topological polar surface area (TPSA) is 119 Å². The van der Waals surface area contributed by atoms with Crippen molar-refractivity contribution >= 4 is 34.2 Å². The lowest BCUT2D eigenvalue weighted by Crippen LogP contribution is -2.27. The first-order valence-corrected chi connectivity index (χ1v) is 9.72. The predicted octanol–water partition coefficient (Wildman–Crippen LogP) is 3.53. The van der Waals surface area contributed by atoms with Gasteiger partial charge in [0.25, 0.3) is 11.8 Å². The summed E-state index contributed by atoms with van der Waals surface area (Å²) in [6.07, 6.45) is 0. The number of hydrogen-bond acceptors (Lipinski definition) is 6. The number of nitrogens with zero attached hydrogens (tertiary/aromatic N) is 1. The minimum atomic E-state index is -0.738. The van der Waals surface area contributed by atoms with Gasteiger partial charge in [-0.15, -0.1) is 5.10 Å². The van der Waals surface area contributed by atoms with E-state index in [1.807, 2.05) is 36.4 Å². The molecule has 0 aliphatic heterocycles. The summed E-state index contributed by atoms with van der Waals surface area (Å²) < 4.78 is 10.9. The highest BCUT2D eigenvalue weighted by Crippen LogP contribution is 2.21. The van der Waals surface area contributed by atoms with Gasteiger partial charge in [0.15, 0.2) is 0 Å². The van der Waals surface area contributed by atoms with Gasteiger partial charge in [-0.1, -0.05) is 30.3 Å². The standard InChI is InChI=1S/C24H20N4O4/c1-31-17-11-12-21-15(13-17)14-19(22(25)29)24(32-21)28-27-23(30)18-9-5-6-10-20(18)26-16-7-3-2-4-8-16/h2-14,26H,1H3,(H2,25,29)(H,27,30)/b28-24+. The van der Waals surface area contributed by atoms with E-state index in [9.17, 15) is 9.59 Å². The van der Waals surface area contributed by atoms with Crippen LogP contribution in [0.3, 0.4) is 0 Å². The molecule has 1 aromatic heterocycles. The number of rotatable bonds is 6. The third-order valence-corrected chi connectivity index (χ3v) is 4.70. The minimum Gasteiger partial charge on any atom is -0.497 e. The smallest absolute Gasteiger partial charge is 0.273 e. The molecule has 32 heavy (non-hydrogen) atoms. The summed E-state index contributed by atoms with van der Waals surface area (Å²) in [4.78, 5) is 24.8. The highest BCUT2D eigenvalue weighted by Gasteiger charge is 2.13. The van der Waals surface area contributed by atoms with Crippen molar-refractivity contribution in [1.82, 2.24) is 5.43 Å². The van der Waals surface area contributed by atoms with Crippen molar-refractivity contribution < 1.29 is 18.7 Å². The van der Waals surface area contributed by atoms with E-state index in [0.29, 0.717) is 28.0 Å². The zero-order valence-electron chi connectivity index (χ0n) is 17.2. The SMILES string of the molecule is COc1ccc2o/c(=N/NC(=O)c3ccccc3Nc3ccccc3)c(C(N)=O)cc2c1. The number of benzene rings is 3. The van der Waals surface area contributed by atoms with Crippen LogP contribution in [0, 0.1) is 0 Å². The highest BCUT2D eigenvalue weighted by atomic mass is 16.5. The van der Waals surface area contributed by atoms with Crippen molar-refractivity contribution in [3.8, 4) is 5.75 Å². The first-order valence-electron chi connectivity index (χ1n) is 9.72. The monoisotopic (exact) mass is 428 g/mol. The zero-order valence-corrected chi connectivity index (χ0v) is 17.2. The first-order chi connectivity index (χ1) is 15.5. The maximum absolute atomic E-state index is 12.8. The molecule has 8 nitrogen and oxygen atoms in total. The number of hydrogen-bond donors (Lipinski definition) is 3. The highest BCUT2D eigenvalue weighted by molar-refractivity contribution is 6.00. The van der Waals surface area contributed by atoms with E-state index in [4.69, 9.17) is 14.9 Å². The fourth-order valence-electron chi connectivity index (χ4n) is 3.12. The van der Waals surface area contributed by atoms with E-state index in [0.717, 1.165) is 5.69 Å². The fraction of sp³-hybridized carbons (Fsp3) is 0.0417. The molecule has 0 spiro atoms. The fourth-order valence-corrected chi connectivity index (χ4v) is 3.12. The number of amides is 2. The number of para-hydroxylation sites is 2. The molecule has 8 heteroatoms. The Morgan fingerprint density at radius 2 is 1.69 bits per heavy atom. The summed E-state index contributed by atoms with van der Waals surface area (Å²) in [5, 5.41) is 7.83. The third kappa shape index (κ3) is 4.44. The van der Waals surface area contributed by atoms with Crippen molar-refractivity contribution in [2.24, 2.45) is 10.8 Å². The number of carbonyl (C=O) groups is 2. The van der Waals surface area contributed by atoms with Gasteiger partial charge in [-0.25, -0.2) is 5.43 Å². The second-order valence-electron chi connectivity index (χ2n) is 6.82. The summed E-state index contributed by atoms with van der Waals surface area (Å²) >= 11 is 0. The van der Waals surface area contributed by atoms with Gasteiger partial charge in [0.1, 0.15) is 16.9 Å². The van der Waals surface area contributed by atoms with Crippen molar-refractivity contribution in [3.63, 3.8) is 0 Å². The molecule has 0 radical (unpaired) electrons. The van der Waals surface area contributed by atoms with Crippen LogP contribution in [0.15, 0.2) is 88.4 Å². The van der Waals surface area contributed by atoms with E-state index in [1.165, 1.54) is 7.11 Å². The number of anilines is 2. The van der Waals surface area contributed by atoms with Crippen LogP contribution in [-0.4, -0.2) is 18.9 Å². The van der Waals surface area contributed by atoms with Crippen LogP contribution in [-0.2, 0) is 0 Å². The molecule has 3 aromatic carbocycles. The van der Waals surface area contributed by atoms with Gasteiger partial charge in [0.2, 0.25) is 5.55 Å². The van der Waals surface area contributed by atoms with Crippen LogP contribution in [0.5, 0.6) is 5.75 Å². The molecule has 4 aromatic rings. The lowest BCUT2D eigenvalue weighted by atomic mass is 10.1. The third-order valence-electron chi connectivity index (χ3n) is 4.70. The van der Waals surface area contributed by atoms with Gasteiger partial charge in [0.05, 0.1) is 18.4 Å². The molecule has 2 amide bonds. The summed E-state index contributed by atoms with van der Waals surface area (Å²) in [6.45, 7) is 0. The molecule has 0 aliphatic rings. The molecule has 0 saturated heterocycles. The maximum atomic E-state index is 12.8. The van der Waals surface area contributed by atoms with Gasteiger partial charge < -0.3 is 20.2 Å². The number of primary amides is 1. The molecule has 4 rings (SSSR count). The second kappa shape index (κ2) is 9.05. The van der Waals surface area contributed by atoms with Crippen LogP contribution >= 0.6 is 0 Å². The number of carbonyl (C=O) groups excluding carboxylic acids is 2. The summed E-state index contributed by atoms with van der Waals surface area (Å²) in [6, 6.07) is 23.1. The Bertz CT molecular complexity index is 1360. The lowest BCUT2D eigenvalue weighted by molar-refractivity contribution is 0.0947. The molecule has 0 atom stereocenters. The Labute approximate surface area is 183 Å². The Hall–Kier alpha value is -4.59. The predicted molar refractivity (Wildman–Crippen MR) is 120 cm³/mol. The van der Waals surface area contributed by atoms with Crippen LogP contribution in [0.4, 0.5) is 11.4 Å². The van der Waals surface area contributed by atoms with Crippen LogP contribution in [0.2, 0.25) is 0 Å². The van der Waals surface area contributed by atoms with Gasteiger partial charge >= 0.3 is 0 Å². The van der Waals surface area contributed by atoms with Crippen molar-refractivity contribution in [2.45, 2.75) is 0 Å². The summed E-state index contributed by atoms with van der Waals surface area (Å²) in [7, 11) is 1.54. The molecular weight excluding hydrogens is 408 g/mol. The van der Waals surface area contributed by atoms with Crippen LogP contribution in [0.1, 0.15) is 20.7 Å². The minimum absolute atomic E-state index is 0.0294. The largest absolute Gasteiger partial charge is 0.497 e. The van der Waals surface area contributed by atoms with Gasteiger partial charge in [0, 0.05) is 11.1 Å². The Kier molecular flexibility index (Phi) is 5.85. The first kappa shape index (κ1) is 20.7. The average Bonchev–Trinajstić information content (AvgIpc) is 2.82. The van der Waals surface area contributed by atoms with E-state index in [1.54, 1.807) is 42.5 Å². The quantitative estimate of drug-likeness (QED) is 0.406. The van der Waals surface area contributed by atoms with Gasteiger partial charge in [-0.05, 0) is 48.5 Å². The lowest BCUT2D eigenvalue weighted by Gasteiger charge is -2.11. The normalized spacial score (nSPS) is 11.2. The van der Waals surface area contributed by atoms with Crippen molar-refractivity contribution in [1.29, 1.82) is 0 Å². The maximum Gasteiger partial charge on any atom is 0.273 e. The van der Waals surface area contributed by atoms with Crippen molar-refractivity contribution in [3.05, 3.63) is 95.5 Å². The molecular formula is C24H20N4O4. The van der Waals surface area contributed by atoms with Crippen LogP contribution in [0.25, 0.3) is 11.0 Å². The number of methoxy groups -OCH3 is 1. The number of fused-ring (bicyclic) bond motifs is 1. The number of nitrogens with two attached hydrogens (primary N) is 1. The van der Waals surface area contributed by atoms with Gasteiger partial charge in [-0.3, -0.25) is 9.59 Å². The number of ether oxygens (including phenoxy) is 1. The Balaban J connectivity index is 1.67. The summed E-state index contributed by atoms with van der Waals surface area (Å²) in [5.74, 6) is -0.620. The molecule has 160 valence electrons. The second-order valence-corrected chi connectivity index (χ2v) is 6.82. The van der Waals surface area contributed by atoms with Crippen molar-refractivity contribution in [2.75, 3.05) is 12.4 Å². The number of nitrogens with one attached hydrogen (secondary N) is 2. The molecule has 4 N–H and O–H groups in total. The Morgan fingerprint density at radius 3 is 2.44 bits per heavy atom.